The number of thiazole rings is 1. The van der Waals surface area contributed by atoms with Crippen molar-refractivity contribution in [1.82, 2.24) is 9.88 Å². The molecule has 1 aliphatic rings. The molecule has 162 valence electrons. The number of ether oxygens (including phenoxy) is 1. The summed E-state index contributed by atoms with van der Waals surface area (Å²) in [6, 6.07) is 4.60. The monoisotopic (exact) mass is 443 g/mol. The molecule has 2 N–H and O–H groups in total. The molecular formula is C19H20F3N3O4S. The van der Waals surface area contributed by atoms with Crippen LogP contribution in [-0.2, 0) is 17.4 Å². The Bertz CT molecular complexity index is 903. The average Bonchev–Trinajstić information content (AvgIpc) is 3.31. The maximum Gasteiger partial charge on any atom is 0.419 e. The first-order chi connectivity index (χ1) is 14.2. The zero-order chi connectivity index (χ0) is 21.7. The molecule has 1 aromatic heterocycles. The zero-order valence-electron chi connectivity index (χ0n) is 15.8. The highest BCUT2D eigenvalue weighted by Gasteiger charge is 2.36. The molecule has 2 amide bonds. The Balaban J connectivity index is 1.52. The number of amides is 2. The highest BCUT2D eigenvalue weighted by molar-refractivity contribution is 7.13. The predicted octanol–water partition coefficient (Wildman–Crippen LogP) is 4.25. The number of nitrogens with zero attached hydrogens (tertiary/aromatic N) is 2. The molecule has 1 aliphatic heterocycles. The van der Waals surface area contributed by atoms with Crippen LogP contribution in [0.1, 0.15) is 30.5 Å². The molecular weight excluding hydrogens is 423 g/mol. The number of carbonyl (C=O) groups is 2. The fraction of sp³-hybridized carbons (Fsp3) is 0.421. The first-order valence-electron chi connectivity index (χ1n) is 9.27. The maximum atomic E-state index is 13.1. The fourth-order valence-corrected chi connectivity index (χ4v) is 3.80. The van der Waals surface area contributed by atoms with Crippen molar-refractivity contribution in [2.75, 3.05) is 18.4 Å². The van der Waals surface area contributed by atoms with Gasteiger partial charge in [0.15, 0.2) is 5.13 Å². The second kappa shape index (κ2) is 9.33. The molecule has 0 saturated carbocycles. The maximum absolute atomic E-state index is 13.1. The van der Waals surface area contributed by atoms with Crippen molar-refractivity contribution >= 4 is 28.5 Å². The first-order valence-corrected chi connectivity index (χ1v) is 10.2. The molecule has 2 aromatic rings. The Morgan fingerprint density at radius 3 is 2.83 bits per heavy atom. The van der Waals surface area contributed by atoms with Crippen LogP contribution in [0.2, 0.25) is 0 Å². The third kappa shape index (κ3) is 5.85. The van der Waals surface area contributed by atoms with Gasteiger partial charge in [0.2, 0.25) is 0 Å². The normalized spacial score (nSPS) is 16.5. The van der Waals surface area contributed by atoms with Gasteiger partial charge in [0, 0.05) is 24.8 Å². The Labute approximate surface area is 174 Å². The van der Waals surface area contributed by atoms with E-state index in [1.807, 2.05) is 0 Å². The lowest BCUT2D eigenvalue weighted by Gasteiger charge is -2.19. The van der Waals surface area contributed by atoms with Gasteiger partial charge >= 0.3 is 18.2 Å². The molecule has 1 aromatic carbocycles. The summed E-state index contributed by atoms with van der Waals surface area (Å²) >= 11 is 1.23. The van der Waals surface area contributed by atoms with Crippen molar-refractivity contribution in [1.29, 1.82) is 0 Å². The summed E-state index contributed by atoms with van der Waals surface area (Å²) in [6.07, 6.45) is -3.64. The van der Waals surface area contributed by atoms with Gasteiger partial charge in [-0.25, -0.2) is 9.78 Å². The van der Waals surface area contributed by atoms with Crippen LogP contribution in [0.15, 0.2) is 29.6 Å². The summed E-state index contributed by atoms with van der Waals surface area (Å²) in [6.45, 7) is 0.510. The number of benzene rings is 1. The highest BCUT2D eigenvalue weighted by atomic mass is 32.1. The van der Waals surface area contributed by atoms with Gasteiger partial charge < -0.3 is 14.7 Å². The number of nitrogens with one attached hydrogen (secondary N) is 1. The molecule has 0 aliphatic carbocycles. The lowest BCUT2D eigenvalue weighted by atomic mass is 10.2. The number of rotatable bonds is 7. The minimum Gasteiger partial charge on any atom is -0.488 e. The SMILES string of the molecule is O=C(O)CCCc1csc(NC(=O)N2CC[C@H](Oc3ccccc3C(F)(F)F)C2)n1. The van der Waals surface area contributed by atoms with Crippen molar-refractivity contribution in [3.63, 3.8) is 0 Å². The smallest absolute Gasteiger partial charge is 0.419 e. The number of hydrogen-bond acceptors (Lipinski definition) is 5. The van der Waals surface area contributed by atoms with Gasteiger partial charge in [-0.2, -0.15) is 13.2 Å². The van der Waals surface area contributed by atoms with E-state index in [2.05, 4.69) is 10.3 Å². The Morgan fingerprint density at radius 2 is 2.10 bits per heavy atom. The van der Waals surface area contributed by atoms with E-state index in [1.165, 1.54) is 34.4 Å². The van der Waals surface area contributed by atoms with Gasteiger partial charge in [-0.3, -0.25) is 10.1 Å². The lowest BCUT2D eigenvalue weighted by Crippen LogP contribution is -2.34. The topological polar surface area (TPSA) is 91.8 Å². The number of carboxylic acids is 1. The molecule has 0 radical (unpaired) electrons. The molecule has 2 heterocycles. The molecule has 11 heteroatoms. The predicted molar refractivity (Wildman–Crippen MR) is 104 cm³/mol. The number of hydrogen-bond donors (Lipinski definition) is 2. The van der Waals surface area contributed by atoms with E-state index < -0.39 is 29.8 Å². The second-order valence-electron chi connectivity index (χ2n) is 6.79. The molecule has 1 atom stereocenters. The fourth-order valence-electron chi connectivity index (χ4n) is 3.06. The van der Waals surface area contributed by atoms with E-state index in [-0.39, 0.29) is 18.7 Å². The van der Waals surface area contributed by atoms with Crippen LogP contribution in [0.5, 0.6) is 5.75 Å². The van der Waals surface area contributed by atoms with Crippen LogP contribution < -0.4 is 10.1 Å². The number of urea groups is 1. The van der Waals surface area contributed by atoms with Crippen LogP contribution in [0.4, 0.5) is 23.1 Å². The quantitative estimate of drug-likeness (QED) is 0.667. The number of aromatic nitrogens is 1. The minimum atomic E-state index is -4.51. The number of anilines is 1. The van der Waals surface area contributed by atoms with Gasteiger partial charge in [0.25, 0.3) is 0 Å². The van der Waals surface area contributed by atoms with E-state index in [9.17, 15) is 22.8 Å². The van der Waals surface area contributed by atoms with E-state index in [0.29, 0.717) is 36.6 Å². The van der Waals surface area contributed by atoms with Crippen molar-refractivity contribution in [3.8, 4) is 5.75 Å². The van der Waals surface area contributed by atoms with Crippen molar-refractivity contribution in [3.05, 3.63) is 40.9 Å². The summed E-state index contributed by atoms with van der Waals surface area (Å²) in [7, 11) is 0. The van der Waals surface area contributed by atoms with E-state index >= 15 is 0 Å². The molecule has 1 saturated heterocycles. The van der Waals surface area contributed by atoms with Gasteiger partial charge in [-0.1, -0.05) is 12.1 Å². The van der Waals surface area contributed by atoms with Gasteiger partial charge in [0.05, 0.1) is 17.8 Å². The molecule has 0 unspecified atom stereocenters. The van der Waals surface area contributed by atoms with Gasteiger partial charge in [-0.05, 0) is 25.0 Å². The van der Waals surface area contributed by atoms with Crippen molar-refractivity contribution in [2.45, 2.75) is 38.0 Å². The summed E-state index contributed by atoms with van der Waals surface area (Å²) in [5, 5.41) is 13.5. The number of likely N-dealkylation sites (tertiary alicyclic amines) is 1. The lowest BCUT2D eigenvalue weighted by molar-refractivity contribution is -0.139. The third-order valence-corrected chi connectivity index (χ3v) is 5.31. The summed E-state index contributed by atoms with van der Waals surface area (Å²) in [5.41, 5.74) is -0.144. The number of aryl methyl sites for hydroxylation is 1. The van der Waals surface area contributed by atoms with Crippen molar-refractivity contribution in [2.24, 2.45) is 0 Å². The molecule has 3 rings (SSSR count). The number of halogens is 3. The molecule has 1 fully saturated rings. The number of alkyl halides is 3. The van der Waals surface area contributed by atoms with Gasteiger partial charge in [-0.15, -0.1) is 11.3 Å². The van der Waals surface area contributed by atoms with Crippen molar-refractivity contribution < 1.29 is 32.6 Å². The molecule has 7 nitrogen and oxygen atoms in total. The Kier molecular flexibility index (Phi) is 6.80. The Hall–Kier alpha value is -2.82. The largest absolute Gasteiger partial charge is 0.488 e. The first kappa shape index (κ1) is 21.9. The van der Waals surface area contributed by atoms with Crippen LogP contribution in [0, 0.1) is 0 Å². The zero-order valence-corrected chi connectivity index (χ0v) is 16.6. The number of aliphatic carboxylic acids is 1. The second-order valence-corrected chi connectivity index (χ2v) is 7.65. The number of carboxylic acid groups (broad SMARTS) is 1. The molecule has 30 heavy (non-hydrogen) atoms. The van der Waals surface area contributed by atoms with Gasteiger partial charge in [0.1, 0.15) is 11.9 Å². The molecule has 0 spiro atoms. The number of para-hydroxylation sites is 1. The van der Waals surface area contributed by atoms with E-state index in [4.69, 9.17) is 9.84 Å². The summed E-state index contributed by atoms with van der Waals surface area (Å²) in [4.78, 5) is 28.7. The standard InChI is InChI=1S/C19H20F3N3O4S/c20-19(21,22)14-5-1-2-6-15(14)29-13-8-9-25(10-13)18(28)24-17-23-12(11-30-17)4-3-7-16(26)27/h1-2,5-6,11,13H,3-4,7-10H2,(H,26,27)(H,23,24,28)/t13-/m0/s1. The third-order valence-electron chi connectivity index (χ3n) is 4.51. The Morgan fingerprint density at radius 1 is 1.33 bits per heavy atom. The highest BCUT2D eigenvalue weighted by Crippen LogP contribution is 2.36. The van der Waals surface area contributed by atoms with Crippen LogP contribution >= 0.6 is 11.3 Å². The van der Waals surface area contributed by atoms with E-state index in [0.717, 1.165) is 6.07 Å². The minimum absolute atomic E-state index is 0.0475. The molecule has 0 bridgehead atoms. The summed E-state index contributed by atoms with van der Waals surface area (Å²) < 4.78 is 44.8. The van der Waals surface area contributed by atoms with Crippen LogP contribution in [0.25, 0.3) is 0 Å². The number of carbonyl (C=O) groups excluding carboxylic acids is 1. The average molecular weight is 443 g/mol. The van der Waals surface area contributed by atoms with Crippen LogP contribution in [-0.4, -0.2) is 46.2 Å². The summed E-state index contributed by atoms with van der Waals surface area (Å²) in [5.74, 6) is -1.12. The van der Waals surface area contributed by atoms with E-state index in [1.54, 1.807) is 5.38 Å². The van der Waals surface area contributed by atoms with Crippen LogP contribution in [0.3, 0.4) is 0 Å².